The number of rotatable bonds is 2. The Hall–Kier alpha value is -0.0151. The highest BCUT2D eigenvalue weighted by molar-refractivity contribution is 6.45. The summed E-state index contributed by atoms with van der Waals surface area (Å²) in [7, 11) is -0.246. The summed E-state index contributed by atoms with van der Waals surface area (Å²) in [5, 5.41) is 9.32. The molecule has 1 N–H and O–H groups in total. The first kappa shape index (κ1) is 9.08. The maximum Gasteiger partial charge on any atom is 0.376 e. The van der Waals surface area contributed by atoms with E-state index >= 15 is 0 Å². The largest absolute Gasteiger partial charge is 0.437 e. The van der Waals surface area contributed by atoms with Gasteiger partial charge in [0.1, 0.15) is 0 Å². The van der Waals surface area contributed by atoms with Crippen LogP contribution >= 0.6 is 0 Å². The van der Waals surface area contributed by atoms with Gasteiger partial charge in [0, 0.05) is 0 Å². The minimum atomic E-state index is -0.246. The summed E-state index contributed by atoms with van der Waals surface area (Å²) in [5.74, 6) is 0.818. The molecule has 1 heterocycles. The normalized spacial score (nSPS) is 27.0. The Morgan fingerprint density at radius 3 is 2.91 bits per heavy atom. The lowest BCUT2D eigenvalue weighted by atomic mass is 9.80. The van der Waals surface area contributed by atoms with Crippen molar-refractivity contribution in [2.75, 3.05) is 13.1 Å². The van der Waals surface area contributed by atoms with Gasteiger partial charge in [-0.3, -0.25) is 0 Å². The van der Waals surface area contributed by atoms with Gasteiger partial charge in [0.2, 0.25) is 0 Å². The van der Waals surface area contributed by atoms with Crippen LogP contribution in [0.3, 0.4) is 0 Å². The van der Waals surface area contributed by atoms with Crippen molar-refractivity contribution in [2.45, 2.75) is 33.0 Å². The van der Waals surface area contributed by atoms with E-state index in [1.54, 1.807) is 0 Å². The molecule has 0 spiro atoms. The minimum Gasteiger partial charge on any atom is -0.437 e. The monoisotopic (exact) mass is 155 g/mol. The Balaban J connectivity index is 2.33. The van der Waals surface area contributed by atoms with E-state index in [0.29, 0.717) is 0 Å². The molecule has 0 aromatic rings. The molecule has 0 radical (unpaired) electrons. The van der Waals surface area contributed by atoms with Gasteiger partial charge in [-0.15, -0.1) is 0 Å². The molecule has 0 saturated carbocycles. The molecule has 3 heteroatoms. The fourth-order valence-corrected chi connectivity index (χ4v) is 1.77. The third kappa shape index (κ3) is 2.49. The molecule has 0 amide bonds. The highest BCUT2D eigenvalue weighted by atomic mass is 16.2. The Labute approximate surface area is 69.7 Å². The van der Waals surface area contributed by atoms with Crippen molar-refractivity contribution >= 4 is 7.05 Å². The van der Waals surface area contributed by atoms with E-state index < -0.39 is 0 Å². The first-order valence-electron chi connectivity index (χ1n) is 4.66. The molecule has 0 unspecified atom stereocenters. The molecule has 0 bridgehead atoms. The molecule has 0 aromatic heterocycles. The molecule has 1 fully saturated rings. The first-order chi connectivity index (χ1) is 5.24. The highest BCUT2D eigenvalue weighted by Gasteiger charge is 2.23. The molecule has 1 atom stereocenters. The van der Waals surface area contributed by atoms with Crippen LogP contribution in [0.15, 0.2) is 0 Å². The second kappa shape index (κ2) is 4.12. The van der Waals surface area contributed by atoms with Crippen LogP contribution in [0.1, 0.15) is 26.2 Å². The molecule has 64 valence electrons. The maximum absolute atomic E-state index is 9.32. The van der Waals surface area contributed by atoms with Crippen molar-refractivity contribution in [2.24, 2.45) is 5.92 Å². The summed E-state index contributed by atoms with van der Waals surface area (Å²) in [4.78, 5) is 2.16. The van der Waals surface area contributed by atoms with Gasteiger partial charge in [0.05, 0.1) is 0 Å². The third-order valence-electron chi connectivity index (χ3n) is 2.66. The zero-order valence-electron chi connectivity index (χ0n) is 7.58. The average Bonchev–Trinajstić information content (AvgIpc) is 2.05. The zero-order chi connectivity index (χ0) is 8.27. The van der Waals surface area contributed by atoms with E-state index in [-0.39, 0.29) is 7.05 Å². The molecule has 11 heavy (non-hydrogen) atoms. The lowest BCUT2D eigenvalue weighted by molar-refractivity contribution is 0.238. The highest BCUT2D eigenvalue weighted by Crippen LogP contribution is 2.19. The van der Waals surface area contributed by atoms with Crippen LogP contribution < -0.4 is 0 Å². The van der Waals surface area contributed by atoms with E-state index in [4.69, 9.17) is 0 Å². The zero-order valence-corrected chi connectivity index (χ0v) is 7.58. The Morgan fingerprint density at radius 2 is 2.36 bits per heavy atom. The van der Waals surface area contributed by atoms with Crippen molar-refractivity contribution in [3.63, 3.8) is 0 Å². The van der Waals surface area contributed by atoms with Crippen molar-refractivity contribution in [3.8, 4) is 0 Å². The van der Waals surface area contributed by atoms with Crippen LogP contribution in [0, 0.1) is 5.92 Å². The summed E-state index contributed by atoms with van der Waals surface area (Å²) in [6.45, 7) is 6.26. The van der Waals surface area contributed by atoms with Crippen LogP contribution in [0.25, 0.3) is 0 Å². The van der Waals surface area contributed by atoms with Gasteiger partial charge in [-0.25, -0.2) is 0 Å². The summed E-state index contributed by atoms with van der Waals surface area (Å²) in [6, 6.07) is 0. The van der Waals surface area contributed by atoms with Crippen LogP contribution in [0.4, 0.5) is 0 Å². The van der Waals surface area contributed by atoms with Gasteiger partial charge in [0.15, 0.2) is 0 Å². The van der Waals surface area contributed by atoms with Crippen molar-refractivity contribution < 1.29 is 5.02 Å². The number of hydrogen-bond donors (Lipinski definition) is 1. The SMILES string of the molecule is CC[C@H]1CCCN(B(C)O)C1. The molecule has 1 rings (SSSR count). The Morgan fingerprint density at radius 1 is 1.64 bits per heavy atom. The van der Waals surface area contributed by atoms with E-state index in [1.165, 1.54) is 19.3 Å². The molecule has 1 aliphatic rings. The van der Waals surface area contributed by atoms with E-state index in [0.717, 1.165) is 19.0 Å². The molecule has 1 saturated heterocycles. The van der Waals surface area contributed by atoms with Gasteiger partial charge in [-0.05, 0) is 38.7 Å². The van der Waals surface area contributed by atoms with Gasteiger partial charge in [-0.1, -0.05) is 13.3 Å². The van der Waals surface area contributed by atoms with Crippen molar-refractivity contribution in [1.82, 2.24) is 4.81 Å². The van der Waals surface area contributed by atoms with Gasteiger partial charge >= 0.3 is 7.05 Å². The molecular weight excluding hydrogens is 137 g/mol. The minimum absolute atomic E-state index is 0.246. The lowest BCUT2D eigenvalue weighted by Gasteiger charge is -2.32. The van der Waals surface area contributed by atoms with Gasteiger partial charge in [0.25, 0.3) is 0 Å². The fourth-order valence-electron chi connectivity index (χ4n) is 1.77. The van der Waals surface area contributed by atoms with Crippen LogP contribution in [-0.2, 0) is 0 Å². The predicted molar refractivity (Wildman–Crippen MR) is 48.4 cm³/mol. The van der Waals surface area contributed by atoms with Gasteiger partial charge < -0.3 is 9.83 Å². The topological polar surface area (TPSA) is 23.5 Å². The number of piperidine rings is 1. The van der Waals surface area contributed by atoms with E-state index in [1.807, 2.05) is 6.82 Å². The summed E-state index contributed by atoms with van der Waals surface area (Å²) in [5.41, 5.74) is 0. The summed E-state index contributed by atoms with van der Waals surface area (Å²) < 4.78 is 0. The van der Waals surface area contributed by atoms with Crippen molar-refractivity contribution in [3.05, 3.63) is 0 Å². The van der Waals surface area contributed by atoms with Gasteiger partial charge in [-0.2, -0.15) is 0 Å². The van der Waals surface area contributed by atoms with Crippen LogP contribution in [0.2, 0.25) is 6.82 Å². The molecule has 1 aliphatic heterocycles. The molecular formula is C8H18BNO. The molecule has 0 aliphatic carbocycles. The van der Waals surface area contributed by atoms with Crippen LogP contribution in [-0.4, -0.2) is 30.0 Å². The van der Waals surface area contributed by atoms with Crippen LogP contribution in [0.5, 0.6) is 0 Å². The van der Waals surface area contributed by atoms with E-state index in [9.17, 15) is 5.02 Å². The smallest absolute Gasteiger partial charge is 0.376 e. The Kier molecular flexibility index (Phi) is 3.40. The number of hydrogen-bond acceptors (Lipinski definition) is 2. The molecule has 0 aromatic carbocycles. The average molecular weight is 155 g/mol. The maximum atomic E-state index is 9.32. The standard InChI is InChI=1S/C8H18BNO/c1-3-8-5-4-6-10(7-8)9(2)11/h8,11H,3-7H2,1-2H3/t8-/m0/s1. The Bertz CT molecular complexity index is 119. The number of nitrogens with zero attached hydrogens (tertiary/aromatic N) is 1. The predicted octanol–water partition coefficient (Wildman–Crippen LogP) is 1.22. The lowest BCUT2D eigenvalue weighted by Crippen LogP contribution is -2.44. The quantitative estimate of drug-likeness (QED) is 0.606. The fraction of sp³-hybridized carbons (Fsp3) is 1.00. The molecule has 2 nitrogen and oxygen atoms in total. The van der Waals surface area contributed by atoms with Crippen molar-refractivity contribution in [1.29, 1.82) is 0 Å². The second-order valence-corrected chi connectivity index (χ2v) is 3.54. The first-order valence-corrected chi connectivity index (χ1v) is 4.66. The third-order valence-corrected chi connectivity index (χ3v) is 2.66. The summed E-state index contributed by atoms with van der Waals surface area (Å²) in [6.07, 6.45) is 3.85. The second-order valence-electron chi connectivity index (χ2n) is 3.54. The van der Waals surface area contributed by atoms with E-state index in [2.05, 4.69) is 11.7 Å². The summed E-state index contributed by atoms with van der Waals surface area (Å²) >= 11 is 0.